The van der Waals surface area contributed by atoms with Gasteiger partial charge in [0.05, 0.1) is 33.0 Å². The van der Waals surface area contributed by atoms with E-state index in [0.717, 1.165) is 19.3 Å². The summed E-state index contributed by atoms with van der Waals surface area (Å²) < 4.78 is 66.6. The van der Waals surface area contributed by atoms with Gasteiger partial charge in [-0.15, -0.1) is 0 Å². The van der Waals surface area contributed by atoms with E-state index in [9.17, 15) is 102 Å². The maximum Gasteiger partial charge on any atom is 0.335 e. The largest absolute Gasteiger partial charge is 0.479 e. The molecule has 33 nitrogen and oxygen atoms in total. The fraction of sp³-hybridized carbons (Fsp3) is 0.976. The molecule has 6 saturated heterocycles. The van der Waals surface area contributed by atoms with E-state index in [1.165, 1.54) is 0 Å². The van der Waals surface area contributed by atoms with Crippen LogP contribution < -0.4 is 5.73 Å². The zero-order chi connectivity index (χ0) is 55.2. The van der Waals surface area contributed by atoms with Crippen molar-refractivity contribution in [1.82, 2.24) is 0 Å². The second-order valence-electron chi connectivity index (χ2n) is 18.8. The Morgan fingerprint density at radius 1 is 0.347 bits per heavy atom. The average Bonchev–Trinajstić information content (AvgIpc) is 3.40. The van der Waals surface area contributed by atoms with Gasteiger partial charge in [-0.05, 0) is 19.4 Å². The zero-order valence-corrected chi connectivity index (χ0v) is 40.0. The lowest BCUT2D eigenvalue weighted by molar-refractivity contribution is -0.393. The summed E-state index contributed by atoms with van der Waals surface area (Å²) in [5.74, 6) is -1.91. The molecular formula is C42H73NO32. The minimum Gasteiger partial charge on any atom is -0.479 e. The number of hydrogen-bond donors (Lipinski definition) is 20. The van der Waals surface area contributed by atoms with E-state index in [-0.39, 0.29) is 6.61 Å². The van der Waals surface area contributed by atoms with Crippen LogP contribution in [-0.2, 0) is 61.6 Å². The van der Waals surface area contributed by atoms with Gasteiger partial charge in [0, 0.05) is 6.61 Å². The van der Waals surface area contributed by atoms with Crippen molar-refractivity contribution in [2.24, 2.45) is 5.73 Å². The number of unbranched alkanes of at least 4 members (excludes halogenated alkanes) is 3. The molecule has 75 heavy (non-hydrogen) atoms. The number of carbonyl (C=O) groups is 1. The van der Waals surface area contributed by atoms with Gasteiger partial charge in [-0.25, -0.2) is 4.79 Å². The number of rotatable bonds is 23. The summed E-state index contributed by atoms with van der Waals surface area (Å²) in [4.78, 5) is 12.6. The van der Waals surface area contributed by atoms with E-state index >= 15 is 0 Å². The van der Waals surface area contributed by atoms with Crippen LogP contribution in [0.3, 0.4) is 0 Å². The summed E-state index contributed by atoms with van der Waals surface area (Å²) in [5.41, 5.74) is 5.50. The van der Waals surface area contributed by atoms with Crippen molar-refractivity contribution in [2.75, 3.05) is 46.2 Å². The smallest absolute Gasteiger partial charge is 0.335 e. The Bertz CT molecular complexity index is 1710. The number of ether oxygens (including phenoxy) is 12. The third kappa shape index (κ3) is 13.9. The first-order chi connectivity index (χ1) is 35.7. The van der Waals surface area contributed by atoms with Gasteiger partial charge in [0.1, 0.15) is 140 Å². The van der Waals surface area contributed by atoms with Crippen LogP contribution in [0, 0.1) is 0 Å². The highest BCUT2D eigenvalue weighted by molar-refractivity contribution is 5.73. The van der Waals surface area contributed by atoms with Crippen LogP contribution in [0.4, 0.5) is 0 Å². The van der Waals surface area contributed by atoms with Gasteiger partial charge < -0.3 is 160 Å². The first-order valence-electron chi connectivity index (χ1n) is 24.3. The summed E-state index contributed by atoms with van der Waals surface area (Å²) in [5, 5.41) is 202. The lowest BCUT2D eigenvalue weighted by Gasteiger charge is -2.49. The molecule has 0 saturated carbocycles. The van der Waals surface area contributed by atoms with E-state index in [4.69, 9.17) is 62.6 Å². The molecule has 0 aromatic carbocycles. The highest BCUT2D eigenvalue weighted by Crippen LogP contribution is 2.37. The lowest BCUT2D eigenvalue weighted by Crippen LogP contribution is -2.68. The van der Waals surface area contributed by atoms with Crippen molar-refractivity contribution in [3.8, 4) is 0 Å². The SMILES string of the molecule is NCCCCCCO[C@H]1OC(CO)[C@@H](O[C@@H]2OC(CO)[C@@H](O[C@@H]3OC(C(=O)O)[C@@H](O[C@H]4OC(CO)[C@H](O[C@H]5OC(CO)[C@@H](O[C@@H]6OC(CO)[C@@H](O)[C@H](O)C6O)[C@H](O)C5O)[C@H](O)C4O)[C@H](O)C3O)[C@H](O)C2O)[C@H](O)C1O. The van der Waals surface area contributed by atoms with Crippen molar-refractivity contribution in [3.63, 3.8) is 0 Å². The third-order valence-corrected chi connectivity index (χ3v) is 13.8. The molecule has 6 heterocycles. The molecule has 0 aliphatic carbocycles. The molecule has 6 rings (SSSR count). The molecule has 0 spiro atoms. The first kappa shape index (κ1) is 62.4. The number of carboxylic acid groups (broad SMARTS) is 1. The Morgan fingerprint density at radius 3 is 1.00 bits per heavy atom. The number of aliphatic hydroxyl groups is 18. The minimum absolute atomic E-state index is 0.122. The van der Waals surface area contributed by atoms with Gasteiger partial charge in [-0.3, -0.25) is 0 Å². The van der Waals surface area contributed by atoms with Crippen molar-refractivity contribution in [1.29, 1.82) is 0 Å². The normalized spacial score (nSPS) is 48.9. The number of aliphatic carboxylic acids is 1. The van der Waals surface area contributed by atoms with Gasteiger partial charge in [-0.1, -0.05) is 12.8 Å². The number of hydrogen-bond acceptors (Lipinski definition) is 32. The van der Waals surface area contributed by atoms with E-state index in [1.807, 2.05) is 0 Å². The van der Waals surface area contributed by atoms with Gasteiger partial charge >= 0.3 is 5.97 Å². The fourth-order valence-electron chi connectivity index (χ4n) is 9.41. The third-order valence-electron chi connectivity index (χ3n) is 13.8. The van der Waals surface area contributed by atoms with Crippen LogP contribution in [0.15, 0.2) is 0 Å². The molecule has 12 unspecified atom stereocenters. The van der Waals surface area contributed by atoms with Crippen LogP contribution in [-0.4, -0.2) is 333 Å². The van der Waals surface area contributed by atoms with Crippen LogP contribution >= 0.6 is 0 Å². The minimum atomic E-state index is -2.37. The predicted molar refractivity (Wildman–Crippen MR) is 231 cm³/mol. The molecule has 6 aliphatic rings. The van der Waals surface area contributed by atoms with Crippen LogP contribution in [0.2, 0.25) is 0 Å². The topological polar surface area (TPSA) is 538 Å². The van der Waals surface area contributed by atoms with Crippen LogP contribution in [0.1, 0.15) is 25.7 Å². The second-order valence-corrected chi connectivity index (χ2v) is 18.8. The molecular weight excluding hydrogens is 1030 g/mol. The number of aliphatic hydroxyl groups excluding tert-OH is 18. The predicted octanol–water partition coefficient (Wildman–Crippen LogP) is -12.5. The maximum atomic E-state index is 12.6. The summed E-state index contributed by atoms with van der Waals surface area (Å²) >= 11 is 0. The lowest BCUT2D eigenvalue weighted by atomic mass is 9.95. The molecule has 0 aromatic heterocycles. The Hall–Kier alpha value is -1.77. The Kier molecular flexibility index (Phi) is 23.4. The standard InChI is InChI=1S/C42H73NO32/c43-5-3-1-2-4-6-64-37-25(57)19(51)30(13(8-45)66-37)71-39-27(59)21(53)33(16(11-48)68-39)73-42-29(61)23(55)34(35(75-42)36(62)63)74-41-28(60)22(54)32(15(10-47)69-41)72-40-26(58)20(52)31(14(9-46)67-40)70-38-24(56)18(50)17(49)12(7-44)65-38/h12-35,37-42,44-61H,1-11,43H2,(H,62,63)/t12?,13?,14?,15?,16?,17-,18+,19-,20-,21-,22-,23-,24?,25?,26?,27?,28?,29?,30-,31-,32+,33-,34+,35?,37+,38+,39+,40-,41-,42-/m1/s1. The zero-order valence-electron chi connectivity index (χ0n) is 40.0. The van der Waals surface area contributed by atoms with Gasteiger partial charge in [0.25, 0.3) is 0 Å². The van der Waals surface area contributed by atoms with Crippen molar-refractivity contribution in [3.05, 3.63) is 0 Å². The molecule has 30 atom stereocenters. The molecule has 0 aromatic rings. The second kappa shape index (κ2) is 28.1. The molecule has 6 aliphatic heterocycles. The Balaban J connectivity index is 1.06. The first-order valence-corrected chi connectivity index (χ1v) is 24.3. The Morgan fingerprint density at radius 2 is 0.640 bits per heavy atom. The van der Waals surface area contributed by atoms with Gasteiger partial charge in [0.15, 0.2) is 43.8 Å². The van der Waals surface area contributed by atoms with E-state index < -0.39 is 223 Å². The fourth-order valence-corrected chi connectivity index (χ4v) is 9.41. The number of carboxylic acids is 1. The number of nitrogens with two attached hydrogens (primary N) is 1. The molecule has 6 fully saturated rings. The Labute approximate surface area is 426 Å². The van der Waals surface area contributed by atoms with E-state index in [1.54, 1.807) is 0 Å². The van der Waals surface area contributed by atoms with Crippen LogP contribution in [0.5, 0.6) is 0 Å². The average molecular weight is 1100 g/mol. The summed E-state index contributed by atoms with van der Waals surface area (Å²) in [7, 11) is 0. The summed E-state index contributed by atoms with van der Waals surface area (Å²) in [6.07, 6.45) is -55.5. The van der Waals surface area contributed by atoms with Gasteiger partial charge in [-0.2, -0.15) is 0 Å². The molecule has 0 radical (unpaired) electrons. The highest BCUT2D eigenvalue weighted by Gasteiger charge is 2.58. The molecule has 21 N–H and O–H groups in total. The van der Waals surface area contributed by atoms with E-state index in [2.05, 4.69) is 0 Å². The van der Waals surface area contributed by atoms with Crippen molar-refractivity contribution < 1.29 is 159 Å². The van der Waals surface area contributed by atoms with Crippen LogP contribution in [0.25, 0.3) is 0 Å². The van der Waals surface area contributed by atoms with Crippen molar-refractivity contribution >= 4 is 5.97 Å². The summed E-state index contributed by atoms with van der Waals surface area (Å²) in [6.45, 7) is -4.12. The maximum absolute atomic E-state index is 12.6. The quantitative estimate of drug-likeness (QED) is 0.0423. The summed E-state index contributed by atoms with van der Waals surface area (Å²) in [6, 6.07) is 0. The van der Waals surface area contributed by atoms with E-state index in [0.29, 0.717) is 13.0 Å². The van der Waals surface area contributed by atoms with Crippen molar-refractivity contribution in [2.45, 2.75) is 210 Å². The molecule has 0 bridgehead atoms. The molecule has 438 valence electrons. The van der Waals surface area contributed by atoms with Gasteiger partial charge in [0.2, 0.25) is 0 Å². The molecule has 33 heteroatoms. The molecule has 0 amide bonds. The monoisotopic (exact) mass is 1100 g/mol. The highest BCUT2D eigenvalue weighted by atomic mass is 16.8.